The minimum Gasteiger partial charge on any atom is -0.356 e. The van der Waals surface area contributed by atoms with Gasteiger partial charge in [0.25, 0.3) is 0 Å². The Hall–Kier alpha value is -2.33. The van der Waals surface area contributed by atoms with Crippen molar-refractivity contribution in [2.24, 2.45) is 0 Å². The van der Waals surface area contributed by atoms with Crippen molar-refractivity contribution in [1.29, 1.82) is 0 Å². The van der Waals surface area contributed by atoms with Crippen molar-refractivity contribution in [2.75, 3.05) is 13.1 Å². The molecule has 138 valence electrons. The predicted molar refractivity (Wildman–Crippen MR) is 105 cm³/mol. The van der Waals surface area contributed by atoms with Crippen LogP contribution in [0.25, 0.3) is 0 Å². The fourth-order valence-electron chi connectivity index (χ4n) is 2.58. The largest absolute Gasteiger partial charge is 0.356 e. The Labute approximate surface area is 160 Å². The number of carbonyl (C=O) groups excluding carboxylic acids is 2. The Morgan fingerprint density at radius 1 is 1.00 bits per heavy atom. The monoisotopic (exact) mass is 372 g/mol. The highest BCUT2D eigenvalue weighted by molar-refractivity contribution is 6.30. The van der Waals surface area contributed by atoms with Gasteiger partial charge in [0.15, 0.2) is 0 Å². The van der Waals surface area contributed by atoms with Crippen molar-refractivity contribution in [1.82, 2.24) is 10.2 Å². The second-order valence-electron chi connectivity index (χ2n) is 6.40. The van der Waals surface area contributed by atoms with Gasteiger partial charge in [-0.05, 0) is 36.6 Å². The van der Waals surface area contributed by atoms with Crippen molar-refractivity contribution in [3.8, 4) is 0 Å². The van der Waals surface area contributed by atoms with Crippen LogP contribution in [0.3, 0.4) is 0 Å². The van der Waals surface area contributed by atoms with Gasteiger partial charge in [-0.25, -0.2) is 0 Å². The lowest BCUT2D eigenvalue weighted by atomic mass is 10.1. The molecule has 0 bridgehead atoms. The van der Waals surface area contributed by atoms with Crippen LogP contribution < -0.4 is 5.32 Å². The molecule has 4 nitrogen and oxygen atoms in total. The molecule has 0 atom stereocenters. The van der Waals surface area contributed by atoms with E-state index in [1.165, 1.54) is 12.5 Å². The van der Waals surface area contributed by atoms with Gasteiger partial charge in [-0.15, -0.1) is 0 Å². The maximum absolute atomic E-state index is 12.0. The van der Waals surface area contributed by atoms with Gasteiger partial charge in [0.1, 0.15) is 0 Å². The molecule has 2 rings (SSSR count). The van der Waals surface area contributed by atoms with Crippen LogP contribution in [0.1, 0.15) is 30.0 Å². The maximum Gasteiger partial charge on any atom is 0.221 e. The second kappa shape index (κ2) is 9.97. The van der Waals surface area contributed by atoms with Crippen molar-refractivity contribution in [3.05, 3.63) is 70.2 Å². The highest BCUT2D eigenvalue weighted by Crippen LogP contribution is 2.10. The molecule has 1 N–H and O–H groups in total. The van der Waals surface area contributed by atoms with Crippen LogP contribution in [-0.4, -0.2) is 29.8 Å². The first-order valence-corrected chi connectivity index (χ1v) is 9.14. The van der Waals surface area contributed by atoms with E-state index in [-0.39, 0.29) is 11.8 Å². The minimum absolute atomic E-state index is 0.0282. The van der Waals surface area contributed by atoms with Crippen molar-refractivity contribution in [3.63, 3.8) is 0 Å². The molecule has 2 amide bonds. The molecule has 0 spiro atoms. The van der Waals surface area contributed by atoms with E-state index in [0.717, 1.165) is 17.5 Å². The Balaban J connectivity index is 1.75. The van der Waals surface area contributed by atoms with Crippen LogP contribution in [0.5, 0.6) is 0 Å². The summed E-state index contributed by atoms with van der Waals surface area (Å²) >= 11 is 5.86. The van der Waals surface area contributed by atoms with Gasteiger partial charge < -0.3 is 10.2 Å². The number of carbonyl (C=O) groups is 2. The van der Waals surface area contributed by atoms with E-state index in [0.29, 0.717) is 31.1 Å². The summed E-state index contributed by atoms with van der Waals surface area (Å²) in [5.41, 5.74) is 3.37. The van der Waals surface area contributed by atoms with E-state index in [2.05, 4.69) is 5.32 Å². The number of hydrogen-bond donors (Lipinski definition) is 1. The summed E-state index contributed by atoms with van der Waals surface area (Å²) in [4.78, 5) is 25.6. The Kier molecular flexibility index (Phi) is 7.67. The highest BCUT2D eigenvalue weighted by atomic mass is 35.5. The lowest BCUT2D eigenvalue weighted by molar-refractivity contribution is -0.130. The molecule has 0 saturated carbocycles. The van der Waals surface area contributed by atoms with E-state index >= 15 is 0 Å². The third kappa shape index (κ3) is 6.89. The van der Waals surface area contributed by atoms with E-state index < -0.39 is 0 Å². The third-order valence-electron chi connectivity index (χ3n) is 4.20. The van der Waals surface area contributed by atoms with Gasteiger partial charge in [0.05, 0.1) is 0 Å². The molecule has 0 aromatic heterocycles. The average Bonchev–Trinajstić information content (AvgIpc) is 2.61. The first kappa shape index (κ1) is 20.0. The topological polar surface area (TPSA) is 49.4 Å². The zero-order valence-electron chi connectivity index (χ0n) is 15.3. The minimum atomic E-state index is -0.0471. The van der Waals surface area contributed by atoms with E-state index in [9.17, 15) is 9.59 Å². The summed E-state index contributed by atoms with van der Waals surface area (Å²) in [7, 11) is 0. The number of hydrogen-bond acceptors (Lipinski definition) is 2. The van der Waals surface area contributed by atoms with E-state index in [1.54, 1.807) is 4.90 Å². The molecular formula is C21H25ClN2O2. The molecule has 5 heteroatoms. The molecule has 0 unspecified atom stereocenters. The fraction of sp³-hybridized carbons (Fsp3) is 0.333. The SMILES string of the molecule is CC(=O)N(CCC(=O)NCCc1ccc(Cl)cc1)Cc1ccc(C)cc1. The number of rotatable bonds is 8. The Bertz CT molecular complexity index is 727. The summed E-state index contributed by atoms with van der Waals surface area (Å²) < 4.78 is 0. The highest BCUT2D eigenvalue weighted by Gasteiger charge is 2.11. The van der Waals surface area contributed by atoms with E-state index in [1.807, 2.05) is 55.5 Å². The molecule has 26 heavy (non-hydrogen) atoms. The molecule has 2 aromatic carbocycles. The van der Waals surface area contributed by atoms with Crippen LogP contribution in [0.2, 0.25) is 5.02 Å². The molecule has 2 aromatic rings. The molecule has 0 radical (unpaired) electrons. The van der Waals surface area contributed by atoms with Crippen molar-refractivity contribution >= 4 is 23.4 Å². The molecule has 0 aliphatic carbocycles. The summed E-state index contributed by atoms with van der Waals surface area (Å²) in [5, 5.41) is 3.61. The quantitative estimate of drug-likeness (QED) is 0.767. The van der Waals surface area contributed by atoms with Crippen molar-refractivity contribution in [2.45, 2.75) is 33.2 Å². The molecule has 0 aliphatic rings. The summed E-state index contributed by atoms with van der Waals surface area (Å²) in [6.07, 6.45) is 1.05. The molecule has 0 fully saturated rings. The normalized spacial score (nSPS) is 10.4. The van der Waals surface area contributed by atoms with Crippen LogP contribution in [0.4, 0.5) is 0 Å². The fourth-order valence-corrected chi connectivity index (χ4v) is 2.71. The number of benzene rings is 2. The number of nitrogens with zero attached hydrogens (tertiary/aromatic N) is 1. The van der Waals surface area contributed by atoms with Crippen molar-refractivity contribution < 1.29 is 9.59 Å². The first-order chi connectivity index (χ1) is 12.4. The Morgan fingerprint density at radius 2 is 1.62 bits per heavy atom. The van der Waals surface area contributed by atoms with Gasteiger partial charge >= 0.3 is 0 Å². The number of aryl methyl sites for hydroxylation is 1. The predicted octanol–water partition coefficient (Wildman–Crippen LogP) is 3.75. The summed E-state index contributed by atoms with van der Waals surface area (Å²) in [6, 6.07) is 15.7. The summed E-state index contributed by atoms with van der Waals surface area (Å²) in [5.74, 6) is -0.0753. The first-order valence-electron chi connectivity index (χ1n) is 8.76. The van der Waals surface area contributed by atoms with Gasteiger partial charge in [-0.2, -0.15) is 0 Å². The zero-order valence-corrected chi connectivity index (χ0v) is 16.1. The van der Waals surface area contributed by atoms with Gasteiger partial charge in [-0.3, -0.25) is 9.59 Å². The second-order valence-corrected chi connectivity index (χ2v) is 6.84. The number of nitrogens with one attached hydrogen (secondary N) is 1. The molecule has 0 aliphatic heterocycles. The molecular weight excluding hydrogens is 348 g/mol. The van der Waals surface area contributed by atoms with Gasteiger partial charge in [0, 0.05) is 38.0 Å². The van der Waals surface area contributed by atoms with Crippen LogP contribution >= 0.6 is 11.6 Å². The number of amides is 2. The van der Waals surface area contributed by atoms with Crippen LogP contribution in [-0.2, 0) is 22.6 Å². The molecule has 0 saturated heterocycles. The number of halogens is 1. The lowest BCUT2D eigenvalue weighted by Gasteiger charge is -2.21. The standard InChI is InChI=1S/C21H25ClN2O2/c1-16-3-5-19(6-4-16)15-24(17(2)25)14-12-21(26)23-13-11-18-7-9-20(22)10-8-18/h3-10H,11-15H2,1-2H3,(H,23,26). The average molecular weight is 373 g/mol. The maximum atomic E-state index is 12.0. The summed E-state index contributed by atoms with van der Waals surface area (Å²) in [6.45, 7) is 5.07. The van der Waals surface area contributed by atoms with Gasteiger partial charge in [0.2, 0.25) is 11.8 Å². The lowest BCUT2D eigenvalue weighted by Crippen LogP contribution is -2.34. The molecule has 0 heterocycles. The zero-order chi connectivity index (χ0) is 18.9. The smallest absolute Gasteiger partial charge is 0.221 e. The van der Waals surface area contributed by atoms with Crippen LogP contribution in [0.15, 0.2) is 48.5 Å². The van der Waals surface area contributed by atoms with Crippen LogP contribution in [0, 0.1) is 6.92 Å². The van der Waals surface area contributed by atoms with Gasteiger partial charge in [-0.1, -0.05) is 53.6 Å². The third-order valence-corrected chi connectivity index (χ3v) is 4.45. The Morgan fingerprint density at radius 3 is 2.23 bits per heavy atom. The van der Waals surface area contributed by atoms with E-state index in [4.69, 9.17) is 11.6 Å².